The predicted molar refractivity (Wildman–Crippen MR) is 116 cm³/mol. The largest absolute Gasteiger partial charge is 0.350 e. The summed E-state index contributed by atoms with van der Waals surface area (Å²) in [4.78, 5) is 26.7. The van der Waals surface area contributed by atoms with Gasteiger partial charge in [0.05, 0.1) is 28.9 Å². The number of pyridine rings is 1. The molecule has 2 saturated heterocycles. The van der Waals surface area contributed by atoms with Gasteiger partial charge < -0.3 is 5.32 Å². The lowest BCUT2D eigenvalue weighted by molar-refractivity contribution is -0.127. The molecule has 0 unspecified atom stereocenters. The number of hydrogen-bond donors (Lipinski definition) is 1. The van der Waals surface area contributed by atoms with Gasteiger partial charge in [0.25, 0.3) is 0 Å². The van der Waals surface area contributed by atoms with Crippen LogP contribution < -0.4 is 5.32 Å². The second kappa shape index (κ2) is 9.78. The van der Waals surface area contributed by atoms with Crippen LogP contribution in [0.1, 0.15) is 42.1 Å². The van der Waals surface area contributed by atoms with Crippen molar-refractivity contribution in [2.75, 3.05) is 26.2 Å². The number of aromatic nitrogens is 2. The maximum atomic E-state index is 12.7. The molecule has 2 aliphatic heterocycles. The van der Waals surface area contributed by atoms with E-state index in [9.17, 15) is 4.79 Å². The normalized spacial score (nSPS) is 21.9. The van der Waals surface area contributed by atoms with Crippen LogP contribution >= 0.6 is 11.3 Å². The van der Waals surface area contributed by atoms with E-state index in [1.165, 1.54) is 18.5 Å². The third-order valence-electron chi connectivity index (χ3n) is 6.12. The Labute approximate surface area is 177 Å². The Kier molecular flexibility index (Phi) is 6.90. The van der Waals surface area contributed by atoms with Crippen molar-refractivity contribution in [2.45, 2.75) is 51.7 Å². The number of nitrogens with zero attached hydrogens (tertiary/aromatic N) is 4. The number of aryl methyl sites for hydroxylation is 1. The molecule has 2 aliphatic rings. The lowest BCUT2D eigenvalue weighted by Gasteiger charge is -2.42. The molecular weight excluding hydrogens is 382 g/mol. The summed E-state index contributed by atoms with van der Waals surface area (Å²) in [6.07, 6.45) is 6.25. The number of carbonyl (C=O) groups excluding carboxylic acids is 1. The standard InChI is InChI=1S/C22H31N5OS/c1-17-25-20(16-29-17)15-26-11-7-21(8-12-26)27-10-4-5-18(14-27)22(28)24-13-19-6-2-3-9-23-19/h2-3,6,9,16,18,21H,4-5,7-8,10-15H2,1H3,(H,24,28)/t18-/m0/s1. The molecule has 1 atom stereocenters. The molecule has 0 aliphatic carbocycles. The van der Waals surface area contributed by atoms with Crippen molar-refractivity contribution in [2.24, 2.45) is 5.92 Å². The van der Waals surface area contributed by atoms with E-state index in [4.69, 9.17) is 0 Å². The lowest BCUT2D eigenvalue weighted by Crippen LogP contribution is -2.50. The van der Waals surface area contributed by atoms with E-state index in [0.717, 1.165) is 56.3 Å². The highest BCUT2D eigenvalue weighted by molar-refractivity contribution is 7.09. The number of carbonyl (C=O) groups is 1. The Morgan fingerprint density at radius 2 is 2.07 bits per heavy atom. The number of rotatable bonds is 6. The van der Waals surface area contributed by atoms with E-state index in [2.05, 4.69) is 37.4 Å². The SMILES string of the molecule is Cc1nc(CN2CCC(N3CCC[C@H](C(=O)NCc4ccccn4)C3)CC2)cs1. The average molecular weight is 414 g/mol. The maximum absolute atomic E-state index is 12.7. The van der Waals surface area contributed by atoms with Crippen LogP contribution in [0.4, 0.5) is 0 Å². The smallest absolute Gasteiger partial charge is 0.224 e. The van der Waals surface area contributed by atoms with Crippen molar-refractivity contribution in [3.8, 4) is 0 Å². The fraction of sp³-hybridized carbons (Fsp3) is 0.591. The Hall–Kier alpha value is -1.83. The summed E-state index contributed by atoms with van der Waals surface area (Å²) in [5.74, 6) is 0.278. The number of nitrogens with one attached hydrogen (secondary N) is 1. The Balaban J connectivity index is 1.23. The molecule has 156 valence electrons. The predicted octanol–water partition coefficient (Wildman–Crippen LogP) is 2.84. The van der Waals surface area contributed by atoms with Crippen LogP contribution in [0.5, 0.6) is 0 Å². The highest BCUT2D eigenvalue weighted by atomic mass is 32.1. The third kappa shape index (κ3) is 5.62. The van der Waals surface area contributed by atoms with Crippen LogP contribution in [-0.4, -0.2) is 57.9 Å². The summed E-state index contributed by atoms with van der Waals surface area (Å²) in [5.41, 5.74) is 2.12. The summed E-state index contributed by atoms with van der Waals surface area (Å²) >= 11 is 1.73. The first-order chi connectivity index (χ1) is 14.2. The molecule has 4 heterocycles. The van der Waals surface area contributed by atoms with Crippen LogP contribution in [0.25, 0.3) is 0 Å². The van der Waals surface area contributed by atoms with Crippen LogP contribution in [0.15, 0.2) is 29.8 Å². The van der Waals surface area contributed by atoms with E-state index in [-0.39, 0.29) is 11.8 Å². The average Bonchev–Trinajstić information content (AvgIpc) is 3.18. The molecule has 7 heteroatoms. The number of likely N-dealkylation sites (tertiary alicyclic amines) is 2. The molecule has 0 saturated carbocycles. The Morgan fingerprint density at radius 3 is 2.79 bits per heavy atom. The molecule has 4 rings (SSSR count). The Bertz CT molecular complexity index is 788. The van der Waals surface area contributed by atoms with Gasteiger partial charge in [0.1, 0.15) is 0 Å². The van der Waals surface area contributed by atoms with Crippen LogP contribution in [0.3, 0.4) is 0 Å². The molecule has 2 fully saturated rings. The molecule has 0 radical (unpaired) electrons. The first-order valence-corrected chi connectivity index (χ1v) is 11.6. The van der Waals surface area contributed by atoms with Crippen LogP contribution in [0, 0.1) is 12.8 Å². The summed E-state index contributed by atoms with van der Waals surface area (Å²) in [6, 6.07) is 6.41. The summed E-state index contributed by atoms with van der Waals surface area (Å²) in [6.45, 7) is 7.81. The van der Waals surface area contributed by atoms with E-state index in [1.54, 1.807) is 17.5 Å². The highest BCUT2D eigenvalue weighted by Gasteiger charge is 2.31. The summed E-state index contributed by atoms with van der Waals surface area (Å²) in [7, 11) is 0. The van der Waals surface area contributed by atoms with Gasteiger partial charge in [0.2, 0.25) is 5.91 Å². The minimum atomic E-state index is 0.100. The van der Waals surface area contributed by atoms with Crippen molar-refractivity contribution >= 4 is 17.2 Å². The van der Waals surface area contributed by atoms with Gasteiger partial charge in [0, 0.05) is 43.8 Å². The zero-order chi connectivity index (χ0) is 20.1. The molecule has 1 N–H and O–H groups in total. The highest BCUT2D eigenvalue weighted by Crippen LogP contribution is 2.25. The topological polar surface area (TPSA) is 61.4 Å². The van der Waals surface area contributed by atoms with Gasteiger partial charge in [0.15, 0.2) is 0 Å². The van der Waals surface area contributed by atoms with Crippen molar-refractivity contribution in [1.82, 2.24) is 25.1 Å². The van der Waals surface area contributed by atoms with E-state index in [1.807, 2.05) is 18.2 Å². The molecule has 0 aromatic carbocycles. The van der Waals surface area contributed by atoms with Crippen molar-refractivity contribution in [3.63, 3.8) is 0 Å². The summed E-state index contributed by atoms with van der Waals surface area (Å²) < 4.78 is 0. The van der Waals surface area contributed by atoms with E-state index < -0.39 is 0 Å². The van der Waals surface area contributed by atoms with Crippen molar-refractivity contribution in [1.29, 1.82) is 0 Å². The maximum Gasteiger partial charge on any atom is 0.224 e. The van der Waals surface area contributed by atoms with Gasteiger partial charge in [-0.25, -0.2) is 4.98 Å². The van der Waals surface area contributed by atoms with Gasteiger partial charge in [-0.3, -0.25) is 19.6 Å². The summed E-state index contributed by atoms with van der Waals surface area (Å²) in [5, 5.41) is 6.42. The molecule has 0 spiro atoms. The molecule has 2 aromatic heterocycles. The number of amides is 1. The number of hydrogen-bond acceptors (Lipinski definition) is 6. The zero-order valence-electron chi connectivity index (χ0n) is 17.2. The van der Waals surface area contributed by atoms with Gasteiger partial charge in [-0.1, -0.05) is 6.07 Å². The first-order valence-electron chi connectivity index (χ1n) is 10.7. The quantitative estimate of drug-likeness (QED) is 0.789. The minimum Gasteiger partial charge on any atom is -0.350 e. The first kappa shape index (κ1) is 20.4. The third-order valence-corrected chi connectivity index (χ3v) is 6.94. The molecule has 0 bridgehead atoms. The minimum absolute atomic E-state index is 0.100. The van der Waals surface area contributed by atoms with Gasteiger partial charge in [-0.05, 0) is 51.3 Å². The number of piperidine rings is 2. The monoisotopic (exact) mass is 413 g/mol. The van der Waals surface area contributed by atoms with Crippen LogP contribution in [-0.2, 0) is 17.9 Å². The van der Waals surface area contributed by atoms with Crippen molar-refractivity contribution in [3.05, 3.63) is 46.2 Å². The van der Waals surface area contributed by atoms with Crippen LogP contribution in [0.2, 0.25) is 0 Å². The fourth-order valence-electron chi connectivity index (χ4n) is 4.53. The lowest BCUT2D eigenvalue weighted by atomic mass is 9.93. The second-order valence-electron chi connectivity index (χ2n) is 8.24. The second-order valence-corrected chi connectivity index (χ2v) is 9.30. The molecular formula is C22H31N5OS. The molecule has 29 heavy (non-hydrogen) atoms. The molecule has 6 nitrogen and oxygen atoms in total. The fourth-order valence-corrected chi connectivity index (χ4v) is 5.13. The Morgan fingerprint density at radius 1 is 1.21 bits per heavy atom. The van der Waals surface area contributed by atoms with Gasteiger partial charge >= 0.3 is 0 Å². The number of thiazole rings is 1. The van der Waals surface area contributed by atoms with Gasteiger partial charge in [-0.15, -0.1) is 11.3 Å². The molecule has 2 aromatic rings. The molecule has 1 amide bonds. The van der Waals surface area contributed by atoms with E-state index >= 15 is 0 Å². The zero-order valence-corrected chi connectivity index (χ0v) is 18.0. The van der Waals surface area contributed by atoms with Crippen molar-refractivity contribution < 1.29 is 4.79 Å². The van der Waals surface area contributed by atoms with Gasteiger partial charge in [-0.2, -0.15) is 0 Å². The van der Waals surface area contributed by atoms with E-state index in [0.29, 0.717) is 12.6 Å².